The molecule has 0 unspecified atom stereocenters. The number of fused-ring (bicyclic) bond motifs is 4. The largest absolute Gasteiger partial charge is 0.316 e. The Balaban J connectivity index is 1.48. The summed E-state index contributed by atoms with van der Waals surface area (Å²) in [4.78, 5) is 9.00. The minimum absolute atomic E-state index is 0.904. The Morgan fingerprint density at radius 3 is 2.24 bits per heavy atom. The van der Waals surface area contributed by atoms with E-state index < -0.39 is 0 Å². The molecule has 0 aliphatic carbocycles. The van der Waals surface area contributed by atoms with Crippen LogP contribution in [0.4, 0.5) is 0 Å². The molecule has 0 spiro atoms. The summed E-state index contributed by atoms with van der Waals surface area (Å²) in [5.74, 6) is 0.904. The van der Waals surface area contributed by atoms with E-state index in [1.807, 2.05) is 36.8 Å². The first-order chi connectivity index (χ1) is 16.9. The van der Waals surface area contributed by atoms with Gasteiger partial charge in [-0.1, -0.05) is 36.4 Å². The van der Waals surface area contributed by atoms with Crippen LogP contribution in [0.5, 0.6) is 0 Å². The van der Waals surface area contributed by atoms with Crippen molar-refractivity contribution in [1.29, 1.82) is 0 Å². The van der Waals surface area contributed by atoms with Gasteiger partial charge in [-0.2, -0.15) is 0 Å². The average Bonchev–Trinajstić information content (AvgIpc) is 3.47. The summed E-state index contributed by atoms with van der Waals surface area (Å²) in [7, 11) is 0. The molecule has 0 aliphatic rings. The molecule has 3 aromatic carbocycles. The second-order valence-corrected chi connectivity index (χ2v) is 8.44. The average molecular weight is 437 g/mol. The molecule has 4 heterocycles. The molecule has 0 amide bonds. The molecule has 0 atom stereocenters. The highest BCUT2D eigenvalue weighted by atomic mass is 15.1. The third kappa shape index (κ3) is 2.86. The number of pyridine rings is 2. The van der Waals surface area contributed by atoms with Crippen molar-refractivity contribution in [2.24, 2.45) is 0 Å². The monoisotopic (exact) mass is 436 g/mol. The van der Waals surface area contributed by atoms with E-state index in [-0.39, 0.29) is 0 Å². The second kappa shape index (κ2) is 7.42. The van der Waals surface area contributed by atoms with Crippen molar-refractivity contribution >= 4 is 32.7 Å². The Hall–Kier alpha value is -4.70. The first kappa shape index (κ1) is 18.8. The number of benzene rings is 3. The summed E-state index contributed by atoms with van der Waals surface area (Å²) < 4.78 is 4.51. The van der Waals surface area contributed by atoms with Crippen LogP contribution < -0.4 is 0 Å². The molecule has 160 valence electrons. The minimum Gasteiger partial charge on any atom is -0.316 e. The zero-order valence-electron chi connectivity index (χ0n) is 18.3. The molecule has 7 aromatic rings. The molecule has 4 nitrogen and oxygen atoms in total. The van der Waals surface area contributed by atoms with Gasteiger partial charge in [0, 0.05) is 52.2 Å². The second-order valence-electron chi connectivity index (χ2n) is 8.44. The lowest BCUT2D eigenvalue weighted by molar-refractivity contribution is 1.08. The van der Waals surface area contributed by atoms with E-state index in [0.29, 0.717) is 0 Å². The summed E-state index contributed by atoms with van der Waals surface area (Å²) in [6.45, 7) is 0. The predicted octanol–water partition coefficient (Wildman–Crippen LogP) is 7.18. The molecule has 0 saturated heterocycles. The van der Waals surface area contributed by atoms with Crippen LogP contribution in [0.25, 0.3) is 55.3 Å². The van der Waals surface area contributed by atoms with Crippen LogP contribution in [-0.2, 0) is 0 Å². The van der Waals surface area contributed by atoms with Crippen LogP contribution in [0.3, 0.4) is 0 Å². The third-order valence-electron chi connectivity index (χ3n) is 6.51. The maximum Gasteiger partial charge on any atom is 0.137 e. The molecule has 0 aliphatic heterocycles. The van der Waals surface area contributed by atoms with Crippen LogP contribution in [0, 0.1) is 0 Å². The Kier molecular flexibility index (Phi) is 4.11. The van der Waals surface area contributed by atoms with Crippen molar-refractivity contribution in [3.8, 4) is 22.6 Å². The van der Waals surface area contributed by atoms with Gasteiger partial charge in [-0.15, -0.1) is 0 Å². The summed E-state index contributed by atoms with van der Waals surface area (Å²) in [5.41, 5.74) is 6.82. The van der Waals surface area contributed by atoms with E-state index >= 15 is 0 Å². The quantitative estimate of drug-likeness (QED) is 0.294. The lowest BCUT2D eigenvalue weighted by Gasteiger charge is -2.09. The molecule has 34 heavy (non-hydrogen) atoms. The molecule has 0 fully saturated rings. The van der Waals surface area contributed by atoms with E-state index in [4.69, 9.17) is 4.98 Å². The highest BCUT2D eigenvalue weighted by Gasteiger charge is 2.15. The Morgan fingerprint density at radius 1 is 0.588 bits per heavy atom. The van der Waals surface area contributed by atoms with E-state index in [9.17, 15) is 0 Å². The molecule has 4 heteroatoms. The van der Waals surface area contributed by atoms with Gasteiger partial charge in [-0.25, -0.2) is 4.98 Å². The van der Waals surface area contributed by atoms with Gasteiger partial charge in [-0.3, -0.25) is 9.55 Å². The molecular weight excluding hydrogens is 416 g/mol. The van der Waals surface area contributed by atoms with Crippen molar-refractivity contribution in [2.75, 3.05) is 0 Å². The van der Waals surface area contributed by atoms with E-state index in [1.165, 1.54) is 21.7 Å². The van der Waals surface area contributed by atoms with E-state index in [2.05, 4.69) is 99.2 Å². The van der Waals surface area contributed by atoms with Crippen molar-refractivity contribution < 1.29 is 0 Å². The highest BCUT2D eigenvalue weighted by molar-refractivity contribution is 6.13. The minimum atomic E-state index is 0.904. The fourth-order valence-electron chi connectivity index (χ4n) is 4.89. The number of nitrogens with zero attached hydrogens (tertiary/aromatic N) is 4. The van der Waals surface area contributed by atoms with Gasteiger partial charge in [0.25, 0.3) is 0 Å². The van der Waals surface area contributed by atoms with Crippen molar-refractivity contribution in [3.05, 3.63) is 122 Å². The molecule has 7 rings (SSSR count). The topological polar surface area (TPSA) is 35.6 Å². The Bertz CT molecular complexity index is 1780. The van der Waals surface area contributed by atoms with Gasteiger partial charge in [0.05, 0.1) is 16.6 Å². The van der Waals surface area contributed by atoms with Gasteiger partial charge in [-0.05, 0) is 66.2 Å². The lowest BCUT2D eigenvalue weighted by atomic mass is 10.1. The molecule has 0 saturated carbocycles. The van der Waals surface area contributed by atoms with Crippen LogP contribution in [0.2, 0.25) is 0 Å². The van der Waals surface area contributed by atoms with Crippen LogP contribution >= 0.6 is 0 Å². The van der Waals surface area contributed by atoms with Crippen molar-refractivity contribution in [1.82, 2.24) is 19.1 Å². The summed E-state index contributed by atoms with van der Waals surface area (Å²) in [6.07, 6.45) is 7.70. The Morgan fingerprint density at radius 2 is 1.41 bits per heavy atom. The number of hydrogen-bond acceptors (Lipinski definition) is 2. The fourth-order valence-corrected chi connectivity index (χ4v) is 4.89. The molecule has 0 radical (unpaired) electrons. The molecular formula is C30H20N4. The first-order valence-corrected chi connectivity index (χ1v) is 11.3. The van der Waals surface area contributed by atoms with Gasteiger partial charge in [0.2, 0.25) is 0 Å². The fraction of sp³-hybridized carbons (Fsp3) is 0. The van der Waals surface area contributed by atoms with Crippen LogP contribution in [-0.4, -0.2) is 19.1 Å². The van der Waals surface area contributed by atoms with Crippen molar-refractivity contribution in [2.45, 2.75) is 0 Å². The maximum absolute atomic E-state index is 4.88. The number of hydrogen-bond donors (Lipinski definition) is 0. The van der Waals surface area contributed by atoms with Crippen LogP contribution in [0.15, 0.2) is 122 Å². The molecule has 0 bridgehead atoms. The zero-order chi connectivity index (χ0) is 22.5. The van der Waals surface area contributed by atoms with Gasteiger partial charge in [0.15, 0.2) is 0 Å². The van der Waals surface area contributed by atoms with E-state index in [0.717, 1.165) is 33.7 Å². The van der Waals surface area contributed by atoms with Crippen molar-refractivity contribution in [3.63, 3.8) is 0 Å². The number of para-hydroxylation sites is 2. The summed E-state index contributed by atoms with van der Waals surface area (Å²) in [6, 6.07) is 34.0. The van der Waals surface area contributed by atoms with Crippen LogP contribution in [0.1, 0.15) is 0 Å². The summed E-state index contributed by atoms with van der Waals surface area (Å²) >= 11 is 0. The Labute approximate surface area is 196 Å². The zero-order valence-corrected chi connectivity index (χ0v) is 18.3. The van der Waals surface area contributed by atoms with Gasteiger partial charge >= 0.3 is 0 Å². The van der Waals surface area contributed by atoms with Gasteiger partial charge < -0.3 is 4.57 Å². The lowest BCUT2D eigenvalue weighted by Crippen LogP contribution is -1.98. The SMILES string of the molecule is c1ccc(-n2ccc3cc4c5ccccc5n(-c5ccc(-c6ccncc6)cn5)c4cc32)cc1. The summed E-state index contributed by atoms with van der Waals surface area (Å²) in [5, 5.41) is 3.68. The third-order valence-corrected chi connectivity index (χ3v) is 6.51. The maximum atomic E-state index is 4.88. The predicted molar refractivity (Wildman–Crippen MR) is 139 cm³/mol. The smallest absolute Gasteiger partial charge is 0.137 e. The van der Waals surface area contributed by atoms with Gasteiger partial charge in [0.1, 0.15) is 5.82 Å². The molecule has 0 N–H and O–H groups in total. The standard InChI is InChI=1S/C30H20N4/c1-2-6-24(7-3-1)33-17-14-22-18-26-25-8-4-5-9-27(25)34(29(26)19-28(22)33)30-11-10-23(20-32-30)21-12-15-31-16-13-21/h1-20H. The number of aromatic nitrogens is 4. The highest BCUT2D eigenvalue weighted by Crippen LogP contribution is 2.35. The van der Waals surface area contributed by atoms with E-state index in [1.54, 1.807) is 0 Å². The first-order valence-electron chi connectivity index (χ1n) is 11.3. The number of rotatable bonds is 3. The normalized spacial score (nSPS) is 11.5. The molecule has 4 aromatic heterocycles.